The van der Waals surface area contributed by atoms with Gasteiger partial charge in [-0.1, -0.05) is 22.6 Å². The number of amides is 1. The van der Waals surface area contributed by atoms with Crippen molar-refractivity contribution >= 4 is 34.3 Å². The number of carbonyl (C=O) groups excluding carboxylic acids is 1. The molecule has 0 aliphatic carbocycles. The number of fused-ring (bicyclic) bond motifs is 1. The molecule has 4 nitrogen and oxygen atoms in total. The van der Waals surface area contributed by atoms with Gasteiger partial charge in [0, 0.05) is 19.7 Å². The maximum absolute atomic E-state index is 12.5. The van der Waals surface area contributed by atoms with E-state index in [4.69, 9.17) is 0 Å². The maximum atomic E-state index is 12.5. The second kappa shape index (κ2) is 4.14. The van der Waals surface area contributed by atoms with Gasteiger partial charge in [-0.15, -0.1) is 0 Å². The van der Waals surface area contributed by atoms with Crippen molar-refractivity contribution in [3.8, 4) is 0 Å². The standard InChI is InChI=1S/C9H9F3IN3O/c1-15-7-4-6(9(10,11)12)14-16(7)3-2-5(13)8(15)17/h4-5H,2-3H2,1H3. The first kappa shape index (κ1) is 12.7. The lowest BCUT2D eigenvalue weighted by atomic mass is 10.3. The number of rotatable bonds is 0. The minimum Gasteiger partial charge on any atom is -0.299 e. The molecule has 17 heavy (non-hydrogen) atoms. The Morgan fingerprint density at radius 1 is 1.53 bits per heavy atom. The summed E-state index contributed by atoms with van der Waals surface area (Å²) in [4.78, 5) is 13.0. The summed E-state index contributed by atoms with van der Waals surface area (Å²) < 4.78 is 38.5. The zero-order valence-corrected chi connectivity index (χ0v) is 11.0. The second-order valence-electron chi connectivity index (χ2n) is 3.76. The molecule has 0 fully saturated rings. The Hall–Kier alpha value is -0.800. The minimum atomic E-state index is -4.48. The van der Waals surface area contributed by atoms with Crippen LogP contribution in [0.15, 0.2) is 6.07 Å². The fourth-order valence-corrected chi connectivity index (χ4v) is 2.36. The summed E-state index contributed by atoms with van der Waals surface area (Å²) in [6, 6.07) is 0.909. The van der Waals surface area contributed by atoms with E-state index in [0.717, 1.165) is 6.07 Å². The van der Waals surface area contributed by atoms with E-state index in [0.29, 0.717) is 13.0 Å². The van der Waals surface area contributed by atoms with Crippen molar-refractivity contribution in [2.75, 3.05) is 11.9 Å². The van der Waals surface area contributed by atoms with E-state index in [-0.39, 0.29) is 15.6 Å². The SMILES string of the molecule is CN1C(=O)C(I)CCn2nc(C(F)(F)F)cc21. The average molecular weight is 359 g/mol. The fourth-order valence-electron chi connectivity index (χ4n) is 1.66. The quantitative estimate of drug-likeness (QED) is 0.526. The van der Waals surface area contributed by atoms with Crippen LogP contribution in [0, 0.1) is 0 Å². The summed E-state index contributed by atoms with van der Waals surface area (Å²) in [7, 11) is 1.47. The van der Waals surface area contributed by atoms with Gasteiger partial charge in [-0.05, 0) is 6.42 Å². The first-order valence-corrected chi connectivity index (χ1v) is 6.12. The van der Waals surface area contributed by atoms with Crippen LogP contribution >= 0.6 is 22.6 Å². The van der Waals surface area contributed by atoms with Gasteiger partial charge in [0.1, 0.15) is 5.82 Å². The summed E-state index contributed by atoms with van der Waals surface area (Å²) in [5, 5.41) is 3.50. The van der Waals surface area contributed by atoms with Gasteiger partial charge in [0.25, 0.3) is 0 Å². The molecule has 8 heteroatoms. The predicted octanol–water partition coefficient (Wildman–Crippen LogP) is 2.07. The number of carbonyl (C=O) groups is 1. The number of anilines is 1. The minimum absolute atomic E-state index is 0.196. The molecule has 2 rings (SSSR count). The highest BCUT2D eigenvalue weighted by atomic mass is 127. The van der Waals surface area contributed by atoms with E-state index in [1.165, 1.54) is 16.6 Å². The third-order valence-electron chi connectivity index (χ3n) is 2.59. The van der Waals surface area contributed by atoms with E-state index in [2.05, 4.69) is 5.10 Å². The molecule has 0 radical (unpaired) electrons. The molecule has 1 aliphatic heterocycles. The molecule has 0 N–H and O–H groups in total. The van der Waals surface area contributed by atoms with Crippen molar-refractivity contribution in [2.45, 2.75) is 23.1 Å². The highest BCUT2D eigenvalue weighted by Crippen LogP contribution is 2.32. The van der Waals surface area contributed by atoms with Gasteiger partial charge in [0.2, 0.25) is 5.91 Å². The molecule has 2 heterocycles. The van der Waals surface area contributed by atoms with Gasteiger partial charge in [-0.3, -0.25) is 9.69 Å². The van der Waals surface area contributed by atoms with Crippen molar-refractivity contribution in [1.82, 2.24) is 9.78 Å². The smallest absolute Gasteiger partial charge is 0.299 e. The highest BCUT2D eigenvalue weighted by molar-refractivity contribution is 14.1. The molecule has 94 valence electrons. The zero-order valence-electron chi connectivity index (χ0n) is 8.83. The molecule has 1 aliphatic rings. The molecule has 1 aromatic rings. The first-order chi connectivity index (χ1) is 7.80. The molecule has 1 atom stereocenters. The molecular weight excluding hydrogens is 350 g/mol. The van der Waals surface area contributed by atoms with Crippen molar-refractivity contribution in [2.24, 2.45) is 0 Å². The molecule has 0 bridgehead atoms. The van der Waals surface area contributed by atoms with Crippen LogP contribution < -0.4 is 4.90 Å². The Morgan fingerprint density at radius 2 is 2.18 bits per heavy atom. The van der Waals surface area contributed by atoms with Crippen LogP contribution in [-0.4, -0.2) is 26.7 Å². The van der Waals surface area contributed by atoms with Crippen LogP contribution in [0.4, 0.5) is 19.0 Å². The van der Waals surface area contributed by atoms with E-state index in [1.807, 2.05) is 22.6 Å². The summed E-state index contributed by atoms with van der Waals surface area (Å²) in [5.41, 5.74) is -0.959. The number of hydrogen-bond acceptors (Lipinski definition) is 2. The Bertz CT molecular complexity index is 457. The fraction of sp³-hybridized carbons (Fsp3) is 0.556. The lowest BCUT2D eigenvalue weighted by molar-refractivity contribution is -0.141. The third kappa shape index (κ3) is 2.26. The van der Waals surface area contributed by atoms with Crippen LogP contribution in [0.5, 0.6) is 0 Å². The van der Waals surface area contributed by atoms with Crippen molar-refractivity contribution < 1.29 is 18.0 Å². The van der Waals surface area contributed by atoms with Gasteiger partial charge in [-0.25, -0.2) is 4.68 Å². The number of aromatic nitrogens is 2. The van der Waals surface area contributed by atoms with Crippen LogP contribution in [-0.2, 0) is 17.5 Å². The molecule has 0 aromatic carbocycles. The monoisotopic (exact) mass is 359 g/mol. The Balaban J connectivity index is 2.43. The number of nitrogens with zero attached hydrogens (tertiary/aromatic N) is 3. The van der Waals surface area contributed by atoms with Gasteiger partial charge < -0.3 is 0 Å². The molecule has 0 saturated carbocycles. The average Bonchev–Trinajstić information content (AvgIpc) is 2.63. The van der Waals surface area contributed by atoms with E-state index in [1.54, 1.807) is 0 Å². The first-order valence-electron chi connectivity index (χ1n) is 4.87. The van der Waals surface area contributed by atoms with Gasteiger partial charge in [0.05, 0.1) is 3.92 Å². The number of hydrogen-bond donors (Lipinski definition) is 0. The highest BCUT2D eigenvalue weighted by Gasteiger charge is 2.37. The van der Waals surface area contributed by atoms with Crippen molar-refractivity contribution in [1.29, 1.82) is 0 Å². The summed E-state index contributed by atoms with van der Waals surface area (Å²) in [5.74, 6) is -0.000495. The normalized spacial score (nSPS) is 21.4. The van der Waals surface area contributed by atoms with Crippen LogP contribution in [0.1, 0.15) is 12.1 Å². The lowest BCUT2D eigenvalue weighted by Crippen LogP contribution is -2.32. The topological polar surface area (TPSA) is 38.1 Å². The van der Waals surface area contributed by atoms with Crippen molar-refractivity contribution in [3.63, 3.8) is 0 Å². The van der Waals surface area contributed by atoms with E-state index < -0.39 is 11.9 Å². The number of halogens is 4. The summed E-state index contributed by atoms with van der Waals surface area (Å²) in [6.07, 6.45) is -4.00. The van der Waals surface area contributed by atoms with Crippen molar-refractivity contribution in [3.05, 3.63) is 11.8 Å². The van der Waals surface area contributed by atoms with E-state index >= 15 is 0 Å². The molecule has 1 amide bonds. The predicted molar refractivity (Wildman–Crippen MR) is 63.1 cm³/mol. The maximum Gasteiger partial charge on any atom is 0.435 e. The zero-order chi connectivity index (χ0) is 12.8. The van der Waals surface area contributed by atoms with Gasteiger partial charge >= 0.3 is 6.18 Å². The van der Waals surface area contributed by atoms with Gasteiger partial charge in [0.15, 0.2) is 5.69 Å². The summed E-state index contributed by atoms with van der Waals surface area (Å²) >= 11 is 1.99. The van der Waals surface area contributed by atoms with Crippen LogP contribution in [0.25, 0.3) is 0 Å². The molecule has 1 aromatic heterocycles. The second-order valence-corrected chi connectivity index (χ2v) is 5.27. The molecule has 0 spiro atoms. The molecule has 0 saturated heterocycles. The lowest BCUT2D eigenvalue weighted by Gasteiger charge is -2.15. The summed E-state index contributed by atoms with van der Waals surface area (Å²) in [6.45, 7) is 0.315. The molecular formula is C9H9F3IN3O. The van der Waals surface area contributed by atoms with Crippen LogP contribution in [0.3, 0.4) is 0 Å². The van der Waals surface area contributed by atoms with Crippen LogP contribution in [0.2, 0.25) is 0 Å². The Labute approximate surface area is 109 Å². The Morgan fingerprint density at radius 3 is 2.76 bits per heavy atom. The van der Waals surface area contributed by atoms with E-state index in [9.17, 15) is 18.0 Å². The van der Waals surface area contributed by atoms with Gasteiger partial charge in [-0.2, -0.15) is 18.3 Å². The largest absolute Gasteiger partial charge is 0.435 e. The molecule has 1 unspecified atom stereocenters. The Kier molecular flexibility index (Phi) is 3.08. The number of aryl methyl sites for hydroxylation is 1. The number of alkyl halides is 4. The third-order valence-corrected chi connectivity index (χ3v) is 3.74.